The number of rotatable bonds is 2. The van der Waals surface area contributed by atoms with Gasteiger partial charge in [-0.1, -0.05) is 60.7 Å². The molecule has 0 saturated carbocycles. The van der Waals surface area contributed by atoms with E-state index in [0.717, 1.165) is 5.56 Å². The Balaban J connectivity index is 1.63. The Morgan fingerprint density at radius 2 is 1.12 bits per heavy atom. The first kappa shape index (κ1) is 17.3. The van der Waals surface area contributed by atoms with E-state index in [1.165, 1.54) is 64.6 Å². The number of hydrogen-bond acceptors (Lipinski definition) is 3. The molecule has 7 aromatic carbocycles. The van der Waals surface area contributed by atoms with E-state index >= 15 is 0 Å². The fraction of sp³-hybridized carbons (Fsp3) is 0.172. The Labute approximate surface area is 183 Å². The van der Waals surface area contributed by atoms with Crippen molar-refractivity contribution in [1.29, 1.82) is 0 Å². The minimum absolute atomic E-state index is 0.164. The SMILES string of the molecule is OCC1OC(c2cc3ccc4ccc5ccc6ccc7ccc2c2c7c6c5c4c32)CC1O. The molecule has 2 N–H and O–H groups in total. The van der Waals surface area contributed by atoms with Gasteiger partial charge in [-0.05, 0) is 76.3 Å². The minimum Gasteiger partial charge on any atom is -0.394 e. The largest absolute Gasteiger partial charge is 0.394 e. The summed E-state index contributed by atoms with van der Waals surface area (Å²) in [6.45, 7) is -0.164. The Morgan fingerprint density at radius 1 is 0.656 bits per heavy atom. The first-order valence-electron chi connectivity index (χ1n) is 11.3. The van der Waals surface area contributed by atoms with Crippen LogP contribution in [0, 0.1) is 0 Å². The molecule has 7 aromatic rings. The van der Waals surface area contributed by atoms with Crippen molar-refractivity contribution in [2.45, 2.75) is 24.7 Å². The fourth-order valence-corrected chi connectivity index (χ4v) is 6.38. The van der Waals surface area contributed by atoms with Gasteiger partial charge >= 0.3 is 0 Å². The highest BCUT2D eigenvalue weighted by Crippen LogP contribution is 2.50. The highest BCUT2D eigenvalue weighted by Gasteiger charge is 2.35. The normalized spacial score (nSPS) is 22.2. The standard InChI is InChI=1S/C29H20O3/c30-13-23-21(31)12-22(32-23)20-11-18-8-7-16-4-2-14-1-3-15-5-6-17-9-10-19(20)29-27(17)25(15)24(14)26(16)28(18)29/h1-11,21-23,30-31H,12-13H2. The van der Waals surface area contributed by atoms with E-state index in [0.29, 0.717) is 6.42 Å². The van der Waals surface area contributed by atoms with Gasteiger partial charge in [0.25, 0.3) is 0 Å². The highest BCUT2D eigenvalue weighted by atomic mass is 16.5. The first-order chi connectivity index (χ1) is 15.7. The number of hydrogen-bond donors (Lipinski definition) is 2. The molecule has 3 atom stereocenters. The molecule has 1 fully saturated rings. The molecule has 0 spiro atoms. The summed E-state index contributed by atoms with van der Waals surface area (Å²) in [6.07, 6.45) is -0.898. The van der Waals surface area contributed by atoms with Gasteiger partial charge in [-0.25, -0.2) is 0 Å². The summed E-state index contributed by atoms with van der Waals surface area (Å²) in [7, 11) is 0. The lowest BCUT2D eigenvalue weighted by molar-refractivity contribution is -0.0221. The number of aliphatic hydroxyl groups is 2. The highest BCUT2D eigenvalue weighted by molar-refractivity contribution is 6.44. The van der Waals surface area contributed by atoms with E-state index in [2.05, 4.69) is 66.7 Å². The zero-order valence-electron chi connectivity index (χ0n) is 17.3. The molecule has 32 heavy (non-hydrogen) atoms. The second-order valence-electron chi connectivity index (χ2n) is 9.36. The molecule has 1 heterocycles. The van der Waals surface area contributed by atoms with Crippen LogP contribution in [-0.2, 0) is 4.74 Å². The van der Waals surface area contributed by atoms with Gasteiger partial charge in [-0.3, -0.25) is 0 Å². The molecular formula is C29H20O3. The maximum atomic E-state index is 10.4. The van der Waals surface area contributed by atoms with Crippen molar-refractivity contribution in [3.63, 3.8) is 0 Å². The molecule has 0 bridgehead atoms. The van der Waals surface area contributed by atoms with Crippen molar-refractivity contribution in [3.8, 4) is 0 Å². The van der Waals surface area contributed by atoms with Crippen LogP contribution in [0.1, 0.15) is 18.1 Å². The fourth-order valence-electron chi connectivity index (χ4n) is 6.38. The summed E-state index contributed by atoms with van der Waals surface area (Å²) < 4.78 is 6.12. The van der Waals surface area contributed by atoms with Crippen LogP contribution in [0.15, 0.2) is 66.7 Å². The zero-order valence-corrected chi connectivity index (χ0v) is 17.3. The van der Waals surface area contributed by atoms with E-state index in [-0.39, 0.29) is 12.7 Å². The molecule has 3 unspecified atom stereocenters. The summed E-state index contributed by atoms with van der Waals surface area (Å²) in [5, 5.41) is 35.5. The van der Waals surface area contributed by atoms with E-state index in [9.17, 15) is 10.2 Å². The van der Waals surface area contributed by atoms with Gasteiger partial charge in [0.2, 0.25) is 0 Å². The van der Waals surface area contributed by atoms with Crippen LogP contribution in [0.25, 0.3) is 64.6 Å². The molecule has 154 valence electrons. The van der Waals surface area contributed by atoms with E-state index < -0.39 is 12.2 Å². The third-order valence-electron chi connectivity index (χ3n) is 7.78. The first-order valence-corrected chi connectivity index (χ1v) is 11.3. The van der Waals surface area contributed by atoms with Crippen molar-refractivity contribution in [2.24, 2.45) is 0 Å². The van der Waals surface area contributed by atoms with Gasteiger partial charge in [0.1, 0.15) is 6.10 Å². The average molecular weight is 416 g/mol. The van der Waals surface area contributed by atoms with Crippen LogP contribution in [0.4, 0.5) is 0 Å². The second kappa shape index (κ2) is 5.76. The van der Waals surface area contributed by atoms with E-state index in [1.807, 2.05) is 0 Å². The molecule has 1 saturated heterocycles. The number of aliphatic hydroxyl groups excluding tert-OH is 2. The molecule has 1 aliphatic heterocycles. The lowest BCUT2D eigenvalue weighted by atomic mass is 9.81. The summed E-state index contributed by atoms with van der Waals surface area (Å²) in [6, 6.07) is 24.5. The van der Waals surface area contributed by atoms with Crippen molar-refractivity contribution in [3.05, 3.63) is 72.3 Å². The third kappa shape index (κ3) is 1.94. The van der Waals surface area contributed by atoms with Gasteiger partial charge in [-0.15, -0.1) is 0 Å². The van der Waals surface area contributed by atoms with Gasteiger partial charge < -0.3 is 14.9 Å². The van der Waals surface area contributed by atoms with Crippen LogP contribution in [0.5, 0.6) is 0 Å². The Bertz CT molecular complexity index is 1740. The summed E-state index contributed by atoms with van der Waals surface area (Å²) in [5.41, 5.74) is 1.10. The van der Waals surface area contributed by atoms with E-state index in [1.54, 1.807) is 0 Å². The van der Waals surface area contributed by atoms with Crippen molar-refractivity contribution < 1.29 is 14.9 Å². The predicted octanol–water partition coefficient (Wildman–Crippen LogP) is 6.10. The Morgan fingerprint density at radius 3 is 1.66 bits per heavy atom. The topological polar surface area (TPSA) is 49.7 Å². The maximum Gasteiger partial charge on any atom is 0.107 e. The molecule has 1 aliphatic rings. The summed E-state index contributed by atoms with van der Waals surface area (Å²) >= 11 is 0. The van der Waals surface area contributed by atoms with Gasteiger partial charge in [0.15, 0.2) is 0 Å². The van der Waals surface area contributed by atoms with Crippen LogP contribution >= 0.6 is 0 Å². The van der Waals surface area contributed by atoms with Crippen LogP contribution in [0.2, 0.25) is 0 Å². The lowest BCUT2D eigenvalue weighted by Crippen LogP contribution is -2.24. The number of benzene rings is 7. The van der Waals surface area contributed by atoms with Crippen molar-refractivity contribution >= 4 is 64.6 Å². The second-order valence-corrected chi connectivity index (χ2v) is 9.36. The quantitative estimate of drug-likeness (QED) is 0.264. The Kier molecular flexibility index (Phi) is 3.12. The van der Waals surface area contributed by atoms with Gasteiger partial charge in [0.05, 0.1) is 18.8 Å². The van der Waals surface area contributed by atoms with Crippen LogP contribution < -0.4 is 0 Å². The molecule has 0 radical (unpaired) electrons. The summed E-state index contributed by atoms with van der Waals surface area (Å²) in [4.78, 5) is 0. The monoisotopic (exact) mass is 416 g/mol. The lowest BCUT2D eigenvalue weighted by Gasteiger charge is -2.23. The van der Waals surface area contributed by atoms with Crippen LogP contribution in [0.3, 0.4) is 0 Å². The van der Waals surface area contributed by atoms with Gasteiger partial charge in [-0.2, -0.15) is 0 Å². The van der Waals surface area contributed by atoms with Crippen LogP contribution in [-0.4, -0.2) is 29.0 Å². The molecule has 0 aliphatic carbocycles. The molecule has 0 amide bonds. The van der Waals surface area contributed by atoms with Crippen molar-refractivity contribution in [2.75, 3.05) is 6.61 Å². The molecular weight excluding hydrogens is 396 g/mol. The predicted molar refractivity (Wildman–Crippen MR) is 130 cm³/mol. The molecule has 0 aromatic heterocycles. The van der Waals surface area contributed by atoms with Gasteiger partial charge in [0, 0.05) is 6.42 Å². The van der Waals surface area contributed by atoms with E-state index in [4.69, 9.17) is 4.74 Å². The smallest absolute Gasteiger partial charge is 0.107 e. The zero-order chi connectivity index (χ0) is 21.1. The third-order valence-corrected chi connectivity index (χ3v) is 7.78. The minimum atomic E-state index is -0.646. The molecule has 3 nitrogen and oxygen atoms in total. The summed E-state index contributed by atoms with van der Waals surface area (Å²) in [5.74, 6) is 0. The van der Waals surface area contributed by atoms with Crippen molar-refractivity contribution in [1.82, 2.24) is 0 Å². The number of ether oxygens (including phenoxy) is 1. The Hall–Kier alpha value is -3.24. The molecule has 8 rings (SSSR count). The average Bonchev–Trinajstić information content (AvgIpc) is 3.22. The molecule has 3 heteroatoms. The maximum absolute atomic E-state index is 10.4.